The lowest BCUT2D eigenvalue weighted by atomic mass is 10.3. The zero-order valence-corrected chi connectivity index (χ0v) is 11.1. The van der Waals surface area contributed by atoms with E-state index in [0.717, 1.165) is 12.1 Å². The van der Waals surface area contributed by atoms with Crippen molar-refractivity contribution in [1.29, 1.82) is 0 Å². The van der Waals surface area contributed by atoms with E-state index in [1.54, 1.807) is 0 Å². The molecule has 1 aromatic heterocycles. The standard InChI is InChI=1S/C12H7F2N3O3S/c13-7-3-1-4-8(11(7)14)17-21(18,19)10-6-2-5-9-12(10)16-20-15-9/h1-6,17H. The van der Waals surface area contributed by atoms with Crippen LogP contribution in [-0.2, 0) is 10.0 Å². The fourth-order valence-corrected chi connectivity index (χ4v) is 2.99. The second kappa shape index (κ2) is 4.77. The van der Waals surface area contributed by atoms with Crippen molar-refractivity contribution in [3.63, 3.8) is 0 Å². The molecule has 0 unspecified atom stereocenters. The third kappa shape index (κ3) is 2.31. The molecule has 0 bridgehead atoms. The molecule has 0 saturated heterocycles. The van der Waals surface area contributed by atoms with Gasteiger partial charge >= 0.3 is 0 Å². The molecule has 9 heteroatoms. The molecule has 0 aliphatic heterocycles. The summed E-state index contributed by atoms with van der Waals surface area (Å²) < 4.78 is 57.6. The van der Waals surface area contributed by atoms with Crippen LogP contribution >= 0.6 is 0 Å². The fourth-order valence-electron chi connectivity index (χ4n) is 1.78. The van der Waals surface area contributed by atoms with Crippen molar-refractivity contribution < 1.29 is 21.8 Å². The second-order valence-corrected chi connectivity index (χ2v) is 5.75. The van der Waals surface area contributed by atoms with E-state index in [2.05, 4.69) is 14.9 Å². The van der Waals surface area contributed by atoms with Gasteiger partial charge in [-0.1, -0.05) is 12.1 Å². The molecule has 3 aromatic rings. The largest absolute Gasteiger partial charge is 0.276 e. The first kappa shape index (κ1) is 13.4. The third-order valence-corrected chi connectivity index (χ3v) is 4.13. The van der Waals surface area contributed by atoms with Crippen molar-refractivity contribution in [3.8, 4) is 0 Å². The van der Waals surface area contributed by atoms with Gasteiger partial charge in [-0.3, -0.25) is 4.72 Å². The van der Waals surface area contributed by atoms with Crippen LogP contribution in [0.2, 0.25) is 0 Å². The molecule has 0 atom stereocenters. The average molecular weight is 311 g/mol. The number of fused-ring (bicyclic) bond motifs is 1. The first-order valence-corrected chi connectivity index (χ1v) is 7.15. The molecule has 0 radical (unpaired) electrons. The van der Waals surface area contributed by atoms with Gasteiger partial charge in [-0.2, -0.15) is 0 Å². The summed E-state index contributed by atoms with van der Waals surface area (Å²) in [7, 11) is -4.17. The number of sulfonamides is 1. The average Bonchev–Trinajstić information content (AvgIpc) is 2.91. The second-order valence-electron chi connectivity index (χ2n) is 4.09. The zero-order valence-electron chi connectivity index (χ0n) is 10.2. The molecular formula is C12H7F2N3O3S. The van der Waals surface area contributed by atoms with Crippen LogP contribution in [0, 0.1) is 11.6 Å². The Morgan fingerprint density at radius 1 is 1.05 bits per heavy atom. The molecule has 0 saturated carbocycles. The summed E-state index contributed by atoms with van der Waals surface area (Å²) in [5.41, 5.74) is -0.261. The Morgan fingerprint density at radius 3 is 2.62 bits per heavy atom. The van der Waals surface area contributed by atoms with Crippen LogP contribution < -0.4 is 4.72 Å². The molecule has 2 aromatic carbocycles. The molecule has 0 fully saturated rings. The molecule has 0 amide bonds. The maximum Gasteiger partial charge on any atom is 0.264 e. The van der Waals surface area contributed by atoms with Crippen molar-refractivity contribution >= 4 is 26.7 Å². The number of anilines is 1. The van der Waals surface area contributed by atoms with Gasteiger partial charge in [0.25, 0.3) is 10.0 Å². The van der Waals surface area contributed by atoms with Gasteiger partial charge in [0.15, 0.2) is 17.2 Å². The maximum atomic E-state index is 13.6. The summed E-state index contributed by atoms with van der Waals surface area (Å²) in [5.74, 6) is -2.44. The summed E-state index contributed by atoms with van der Waals surface area (Å²) >= 11 is 0. The van der Waals surface area contributed by atoms with Crippen molar-refractivity contribution in [3.05, 3.63) is 48.0 Å². The van der Waals surface area contributed by atoms with Gasteiger partial charge in [0, 0.05) is 0 Å². The van der Waals surface area contributed by atoms with E-state index in [-0.39, 0.29) is 15.9 Å². The van der Waals surface area contributed by atoms with Gasteiger partial charge in [-0.05, 0) is 34.6 Å². The van der Waals surface area contributed by atoms with Crippen LogP contribution in [0.1, 0.15) is 0 Å². The van der Waals surface area contributed by atoms with E-state index in [4.69, 9.17) is 0 Å². The van der Waals surface area contributed by atoms with E-state index < -0.39 is 27.3 Å². The minimum absolute atomic E-state index is 0.00168. The molecule has 3 rings (SSSR count). The van der Waals surface area contributed by atoms with Crippen molar-refractivity contribution in [2.75, 3.05) is 4.72 Å². The lowest BCUT2D eigenvalue weighted by Crippen LogP contribution is -2.14. The van der Waals surface area contributed by atoms with Crippen LogP contribution in [0.3, 0.4) is 0 Å². The van der Waals surface area contributed by atoms with E-state index in [1.165, 1.54) is 24.3 Å². The van der Waals surface area contributed by atoms with E-state index in [9.17, 15) is 17.2 Å². The van der Waals surface area contributed by atoms with Gasteiger partial charge in [-0.25, -0.2) is 21.8 Å². The molecule has 1 heterocycles. The Kier molecular flexibility index (Phi) is 3.05. The molecule has 0 aliphatic rings. The van der Waals surface area contributed by atoms with Crippen LogP contribution in [-0.4, -0.2) is 18.7 Å². The van der Waals surface area contributed by atoms with Gasteiger partial charge < -0.3 is 0 Å². The minimum atomic E-state index is -4.17. The first-order chi connectivity index (χ1) is 9.99. The fraction of sp³-hybridized carbons (Fsp3) is 0. The highest BCUT2D eigenvalue weighted by Gasteiger charge is 2.22. The minimum Gasteiger partial charge on any atom is -0.276 e. The summed E-state index contributed by atoms with van der Waals surface area (Å²) in [6, 6.07) is 7.38. The number of halogens is 2. The smallest absolute Gasteiger partial charge is 0.264 e. The number of rotatable bonds is 3. The topological polar surface area (TPSA) is 85.1 Å². The van der Waals surface area contributed by atoms with Crippen LogP contribution in [0.15, 0.2) is 45.9 Å². The van der Waals surface area contributed by atoms with Crippen molar-refractivity contribution in [2.24, 2.45) is 0 Å². The number of hydrogen-bond acceptors (Lipinski definition) is 5. The first-order valence-electron chi connectivity index (χ1n) is 5.67. The SMILES string of the molecule is O=S(=O)(Nc1cccc(F)c1F)c1cccc2nonc12. The van der Waals surface area contributed by atoms with Gasteiger partial charge in [0.05, 0.1) is 5.69 Å². The third-order valence-electron chi connectivity index (χ3n) is 2.73. The lowest BCUT2D eigenvalue weighted by Gasteiger charge is -2.09. The molecule has 108 valence electrons. The van der Waals surface area contributed by atoms with Crippen molar-refractivity contribution in [1.82, 2.24) is 10.3 Å². The molecule has 0 spiro atoms. The number of aromatic nitrogens is 2. The van der Waals surface area contributed by atoms with Crippen LogP contribution in [0.4, 0.5) is 14.5 Å². The zero-order chi connectivity index (χ0) is 15.0. The molecule has 6 nitrogen and oxygen atoms in total. The number of nitrogens with zero attached hydrogens (tertiary/aromatic N) is 2. The molecule has 21 heavy (non-hydrogen) atoms. The van der Waals surface area contributed by atoms with E-state index in [1.807, 2.05) is 4.72 Å². The summed E-state index contributed by atoms with van der Waals surface area (Å²) in [6.07, 6.45) is 0. The van der Waals surface area contributed by atoms with Crippen molar-refractivity contribution in [2.45, 2.75) is 4.90 Å². The summed E-state index contributed by atoms with van der Waals surface area (Å²) in [5, 5.41) is 7.01. The number of hydrogen-bond donors (Lipinski definition) is 1. The van der Waals surface area contributed by atoms with Crippen LogP contribution in [0.25, 0.3) is 11.0 Å². The quantitative estimate of drug-likeness (QED) is 0.802. The normalized spacial score (nSPS) is 11.7. The highest BCUT2D eigenvalue weighted by molar-refractivity contribution is 7.93. The predicted molar refractivity (Wildman–Crippen MR) is 69.0 cm³/mol. The molecular weight excluding hydrogens is 304 g/mol. The number of benzene rings is 2. The van der Waals surface area contributed by atoms with E-state index in [0.29, 0.717) is 0 Å². The van der Waals surface area contributed by atoms with Gasteiger partial charge in [0.1, 0.15) is 10.4 Å². The van der Waals surface area contributed by atoms with Gasteiger partial charge in [-0.15, -0.1) is 0 Å². The lowest BCUT2D eigenvalue weighted by molar-refractivity contribution is 0.315. The maximum absolute atomic E-state index is 13.6. The Balaban J connectivity index is 2.09. The summed E-state index contributed by atoms with van der Waals surface area (Å²) in [4.78, 5) is -0.245. The number of nitrogens with one attached hydrogen (secondary N) is 1. The Morgan fingerprint density at radius 2 is 1.81 bits per heavy atom. The highest BCUT2D eigenvalue weighted by atomic mass is 32.2. The Hall–Kier alpha value is -2.55. The Bertz CT molecular complexity index is 924. The Labute approximate surface area is 117 Å². The highest BCUT2D eigenvalue weighted by Crippen LogP contribution is 2.24. The van der Waals surface area contributed by atoms with E-state index >= 15 is 0 Å². The monoisotopic (exact) mass is 311 g/mol. The molecule has 0 aliphatic carbocycles. The van der Waals surface area contributed by atoms with Gasteiger partial charge in [0.2, 0.25) is 0 Å². The summed E-state index contributed by atoms with van der Waals surface area (Å²) in [6.45, 7) is 0. The van der Waals surface area contributed by atoms with Crippen LogP contribution in [0.5, 0.6) is 0 Å². The predicted octanol–water partition coefficient (Wildman–Crippen LogP) is 2.30. The molecule has 1 N–H and O–H groups in total.